The van der Waals surface area contributed by atoms with Crippen molar-refractivity contribution in [3.8, 4) is 10.6 Å². The van der Waals surface area contributed by atoms with E-state index in [1.165, 1.54) is 17.4 Å². The third kappa shape index (κ3) is 3.25. The fourth-order valence-corrected chi connectivity index (χ4v) is 4.09. The molecule has 0 aliphatic heterocycles. The lowest BCUT2D eigenvalue weighted by Gasteiger charge is -2.10. The lowest BCUT2D eigenvalue weighted by atomic mass is 10.1. The lowest BCUT2D eigenvalue weighted by molar-refractivity contribution is 0.0997. The number of nitrogens with one attached hydrogen (secondary N) is 1. The Bertz CT molecular complexity index is 1450. The molecular formula is C23H15N3O3S. The predicted octanol–water partition coefficient (Wildman–Crippen LogP) is 5.03. The highest BCUT2D eigenvalue weighted by Crippen LogP contribution is 2.31. The summed E-state index contributed by atoms with van der Waals surface area (Å²) in [6.45, 7) is 1.90. The quantitative estimate of drug-likeness (QED) is 0.449. The van der Waals surface area contributed by atoms with E-state index in [4.69, 9.17) is 4.42 Å². The molecule has 1 N–H and O–H groups in total. The third-order valence-electron chi connectivity index (χ3n) is 4.76. The summed E-state index contributed by atoms with van der Waals surface area (Å²) in [5.74, 6) is -0.517. The molecule has 0 fully saturated rings. The Hall–Kier alpha value is -3.84. The Balaban J connectivity index is 1.49. The number of fused-ring (bicyclic) bond motifs is 2. The van der Waals surface area contributed by atoms with E-state index in [1.807, 2.05) is 37.3 Å². The van der Waals surface area contributed by atoms with Gasteiger partial charge in [0, 0.05) is 23.5 Å². The van der Waals surface area contributed by atoms with Gasteiger partial charge in [0.15, 0.2) is 11.2 Å². The second-order valence-electron chi connectivity index (χ2n) is 6.80. The van der Waals surface area contributed by atoms with E-state index in [0.717, 1.165) is 26.5 Å². The highest BCUT2D eigenvalue weighted by atomic mass is 32.1. The van der Waals surface area contributed by atoms with Crippen molar-refractivity contribution < 1.29 is 9.21 Å². The van der Waals surface area contributed by atoms with Crippen LogP contribution in [0.15, 0.2) is 76.1 Å². The monoisotopic (exact) mass is 413 g/mol. The molecule has 5 aromatic rings. The minimum Gasteiger partial charge on any atom is -0.451 e. The molecule has 146 valence electrons. The number of aromatic nitrogens is 2. The number of pyridine rings is 1. The van der Waals surface area contributed by atoms with Crippen LogP contribution in [0.1, 0.15) is 16.1 Å². The summed E-state index contributed by atoms with van der Waals surface area (Å²) >= 11 is 1.49. The van der Waals surface area contributed by atoms with Gasteiger partial charge in [0.25, 0.3) is 5.91 Å². The molecule has 30 heavy (non-hydrogen) atoms. The van der Waals surface area contributed by atoms with Gasteiger partial charge in [0.05, 0.1) is 5.39 Å². The van der Waals surface area contributed by atoms with Crippen molar-refractivity contribution in [2.45, 2.75) is 6.92 Å². The van der Waals surface area contributed by atoms with Crippen LogP contribution < -0.4 is 10.7 Å². The summed E-state index contributed by atoms with van der Waals surface area (Å²) in [6.07, 6.45) is 1.74. The number of rotatable bonds is 3. The van der Waals surface area contributed by atoms with Gasteiger partial charge in [-0.3, -0.25) is 9.59 Å². The molecule has 0 atom stereocenters. The maximum Gasteiger partial charge on any atom is 0.291 e. The van der Waals surface area contributed by atoms with Gasteiger partial charge in [-0.05, 0) is 42.8 Å². The van der Waals surface area contributed by atoms with Crippen molar-refractivity contribution in [1.29, 1.82) is 0 Å². The van der Waals surface area contributed by atoms with Gasteiger partial charge in [0.2, 0.25) is 0 Å². The van der Waals surface area contributed by atoms with Crippen LogP contribution in [0, 0.1) is 6.92 Å². The first-order valence-electron chi connectivity index (χ1n) is 9.25. The third-order valence-corrected chi connectivity index (χ3v) is 5.79. The number of para-hydroxylation sites is 1. The Kier molecular flexibility index (Phi) is 4.37. The van der Waals surface area contributed by atoms with E-state index in [1.54, 1.807) is 30.5 Å². The topological polar surface area (TPSA) is 85.1 Å². The Morgan fingerprint density at radius 3 is 2.80 bits per heavy atom. The maximum atomic E-state index is 12.8. The first-order valence-corrected chi connectivity index (χ1v) is 10.1. The molecule has 7 heteroatoms. The highest BCUT2D eigenvalue weighted by Gasteiger charge is 2.15. The predicted molar refractivity (Wildman–Crippen MR) is 118 cm³/mol. The number of aryl methyl sites for hydroxylation is 1. The van der Waals surface area contributed by atoms with Gasteiger partial charge >= 0.3 is 0 Å². The summed E-state index contributed by atoms with van der Waals surface area (Å²) in [5, 5.41) is 4.11. The molecule has 0 unspecified atom stereocenters. The van der Waals surface area contributed by atoms with Crippen LogP contribution >= 0.6 is 11.3 Å². The minimum atomic E-state index is -0.482. The number of amides is 1. The second kappa shape index (κ2) is 7.20. The first kappa shape index (κ1) is 18.2. The van der Waals surface area contributed by atoms with E-state index in [9.17, 15) is 9.59 Å². The van der Waals surface area contributed by atoms with Gasteiger partial charge in [-0.25, -0.2) is 9.97 Å². The second-order valence-corrected chi connectivity index (χ2v) is 7.78. The number of hydrogen-bond donors (Lipinski definition) is 1. The molecule has 3 aromatic heterocycles. The summed E-state index contributed by atoms with van der Waals surface area (Å²) in [6, 6.07) is 17.6. The molecule has 6 nitrogen and oxygen atoms in total. The number of carbonyl (C=O) groups excluding carboxylic acids is 1. The molecule has 5 rings (SSSR count). The minimum absolute atomic E-state index is 0.0345. The Labute approximate surface area is 174 Å². The molecule has 2 aromatic carbocycles. The number of hydrogen-bond acceptors (Lipinski definition) is 6. The fourth-order valence-electron chi connectivity index (χ4n) is 3.18. The molecule has 0 bridgehead atoms. The Morgan fingerprint density at radius 1 is 1.07 bits per heavy atom. The average molecular weight is 413 g/mol. The average Bonchev–Trinajstić information content (AvgIpc) is 3.19. The maximum absolute atomic E-state index is 12.8. The van der Waals surface area contributed by atoms with Gasteiger partial charge < -0.3 is 9.73 Å². The van der Waals surface area contributed by atoms with Gasteiger partial charge in [-0.15, -0.1) is 0 Å². The van der Waals surface area contributed by atoms with Crippen LogP contribution in [-0.2, 0) is 0 Å². The number of carbonyl (C=O) groups is 1. The van der Waals surface area contributed by atoms with E-state index < -0.39 is 5.91 Å². The summed E-state index contributed by atoms with van der Waals surface area (Å²) in [7, 11) is 0. The van der Waals surface area contributed by atoms with Crippen molar-refractivity contribution in [1.82, 2.24) is 9.97 Å². The van der Waals surface area contributed by atoms with Crippen molar-refractivity contribution in [3.63, 3.8) is 0 Å². The van der Waals surface area contributed by atoms with Crippen LogP contribution in [-0.4, -0.2) is 15.9 Å². The zero-order valence-corrected chi connectivity index (χ0v) is 16.7. The van der Waals surface area contributed by atoms with E-state index in [2.05, 4.69) is 15.3 Å². The normalized spacial score (nSPS) is 11.1. The molecular weight excluding hydrogens is 398 g/mol. The smallest absolute Gasteiger partial charge is 0.291 e. The van der Waals surface area contributed by atoms with Crippen LogP contribution in [0.4, 0.5) is 5.69 Å². The molecule has 0 saturated heterocycles. The number of nitrogens with zero attached hydrogens (tertiary/aromatic N) is 2. The number of anilines is 1. The zero-order chi connectivity index (χ0) is 20.7. The molecule has 0 saturated carbocycles. The fraction of sp³-hybridized carbons (Fsp3) is 0.0435. The van der Waals surface area contributed by atoms with Gasteiger partial charge in [0.1, 0.15) is 20.9 Å². The molecule has 0 aliphatic carbocycles. The summed E-state index contributed by atoms with van der Waals surface area (Å²) in [4.78, 5) is 34.9. The van der Waals surface area contributed by atoms with Crippen LogP contribution in [0.2, 0.25) is 0 Å². The van der Waals surface area contributed by atoms with E-state index in [0.29, 0.717) is 16.7 Å². The molecule has 0 spiro atoms. The van der Waals surface area contributed by atoms with E-state index in [-0.39, 0.29) is 11.2 Å². The lowest BCUT2D eigenvalue weighted by Crippen LogP contribution is -2.15. The molecule has 3 heterocycles. The van der Waals surface area contributed by atoms with Crippen molar-refractivity contribution in [2.24, 2.45) is 0 Å². The zero-order valence-electron chi connectivity index (χ0n) is 15.9. The number of thiazole rings is 1. The van der Waals surface area contributed by atoms with Crippen LogP contribution in [0.25, 0.3) is 31.9 Å². The molecule has 0 radical (unpaired) electrons. The summed E-state index contributed by atoms with van der Waals surface area (Å²) in [5.41, 5.74) is 3.34. The van der Waals surface area contributed by atoms with Gasteiger partial charge in [-0.1, -0.05) is 35.6 Å². The highest BCUT2D eigenvalue weighted by molar-refractivity contribution is 7.21. The number of benzene rings is 2. The SMILES string of the molecule is Cc1ccc(-c2nc3cccnc3s2)cc1NC(=O)c1cc(=O)c2ccccc2o1. The van der Waals surface area contributed by atoms with Crippen LogP contribution in [0.5, 0.6) is 0 Å². The first-order chi connectivity index (χ1) is 14.6. The molecule has 1 amide bonds. The van der Waals surface area contributed by atoms with E-state index >= 15 is 0 Å². The van der Waals surface area contributed by atoms with Crippen LogP contribution in [0.3, 0.4) is 0 Å². The van der Waals surface area contributed by atoms with Gasteiger partial charge in [-0.2, -0.15) is 0 Å². The van der Waals surface area contributed by atoms with Crippen molar-refractivity contribution in [2.75, 3.05) is 5.32 Å². The molecule has 0 aliphatic rings. The van der Waals surface area contributed by atoms with Crippen molar-refractivity contribution >= 4 is 44.2 Å². The standard InChI is InChI=1S/C23H15N3O3S/c1-13-8-9-14(22-26-16-6-4-10-24-23(16)30-22)11-17(13)25-21(28)20-12-18(27)15-5-2-3-7-19(15)29-20/h2-12H,1H3,(H,25,28). The summed E-state index contributed by atoms with van der Waals surface area (Å²) < 4.78 is 5.64. The van der Waals surface area contributed by atoms with Crippen molar-refractivity contribution in [3.05, 3.63) is 88.4 Å². The largest absolute Gasteiger partial charge is 0.451 e. The Morgan fingerprint density at radius 2 is 1.93 bits per heavy atom.